The number of ether oxygens (including phenoxy) is 3. The first-order valence-electron chi connectivity index (χ1n) is 17.5. The van der Waals surface area contributed by atoms with E-state index in [0.717, 1.165) is 56.6 Å². The molecule has 1 aliphatic rings. The average Bonchev–Trinajstić information content (AvgIpc) is 3.15. The fourth-order valence-electron chi connectivity index (χ4n) is 5.90. The van der Waals surface area contributed by atoms with Crippen molar-refractivity contribution >= 4 is 29.1 Å². The van der Waals surface area contributed by atoms with Crippen molar-refractivity contribution in [2.24, 2.45) is 0 Å². The maximum atomic E-state index is 13.7. The van der Waals surface area contributed by atoms with Crippen molar-refractivity contribution < 1.29 is 28.6 Å². The first-order valence-corrected chi connectivity index (χ1v) is 17.5. The van der Waals surface area contributed by atoms with Gasteiger partial charge in [-0.25, -0.2) is 0 Å². The summed E-state index contributed by atoms with van der Waals surface area (Å²) < 4.78 is 17.8. The van der Waals surface area contributed by atoms with Gasteiger partial charge in [0.05, 0.1) is 30.7 Å². The number of carbonyl (C=O) groups excluding carboxylic acids is 3. The summed E-state index contributed by atoms with van der Waals surface area (Å²) in [7, 11) is 5.28. The summed E-state index contributed by atoms with van der Waals surface area (Å²) in [5.41, 5.74) is 3.83. The van der Waals surface area contributed by atoms with E-state index in [1.807, 2.05) is 66.4 Å². The van der Waals surface area contributed by atoms with E-state index in [1.165, 1.54) is 7.11 Å². The zero-order valence-electron chi connectivity index (χ0n) is 30.0. The fourth-order valence-corrected chi connectivity index (χ4v) is 5.90. The summed E-state index contributed by atoms with van der Waals surface area (Å²) >= 11 is 0. The van der Waals surface area contributed by atoms with E-state index in [9.17, 15) is 14.4 Å². The SMILES string of the molecule is COc1cc(C(=O)N(C)c2ccc(C)cc2OCCCCCC(=O)N2CCN(C)CC2)ccc1NC(=O)c1ccccc1OCc1ccccc1. The lowest BCUT2D eigenvalue weighted by atomic mass is 10.1. The number of benzene rings is 4. The molecule has 0 aromatic heterocycles. The first kappa shape index (κ1) is 36.9. The summed E-state index contributed by atoms with van der Waals surface area (Å²) in [5.74, 6) is 1.02. The predicted molar refractivity (Wildman–Crippen MR) is 200 cm³/mol. The summed E-state index contributed by atoms with van der Waals surface area (Å²) in [6.07, 6.45) is 3.05. The number of likely N-dealkylation sites (N-methyl/N-ethyl adjacent to an activating group) is 1. The number of anilines is 2. The maximum absolute atomic E-state index is 13.7. The molecule has 0 bridgehead atoms. The second-order valence-corrected chi connectivity index (χ2v) is 12.8. The van der Waals surface area contributed by atoms with Crippen molar-refractivity contribution in [2.75, 3.05) is 64.2 Å². The lowest BCUT2D eigenvalue weighted by Crippen LogP contribution is -2.47. The van der Waals surface area contributed by atoms with Gasteiger partial charge < -0.3 is 34.2 Å². The monoisotopic (exact) mass is 692 g/mol. The molecule has 10 nitrogen and oxygen atoms in total. The second-order valence-electron chi connectivity index (χ2n) is 12.8. The molecule has 0 aliphatic carbocycles. The van der Waals surface area contributed by atoms with Crippen LogP contribution in [0.5, 0.6) is 17.2 Å². The second kappa shape index (κ2) is 18.1. The number of carbonyl (C=O) groups is 3. The van der Waals surface area contributed by atoms with Crippen LogP contribution in [0.3, 0.4) is 0 Å². The summed E-state index contributed by atoms with van der Waals surface area (Å²) in [5, 5.41) is 2.91. The standard InChI is InChI=1S/C41H48N4O6/c1-30-18-21-35(38(27-30)50-26-12-6-9-17-39(46)45-24-22-43(2)23-25-45)44(3)41(48)32-19-20-34(37(28-32)49-4)42-40(47)33-15-10-11-16-36(33)51-29-31-13-7-5-8-14-31/h5,7-8,10-11,13-16,18-21,27-28H,6,9,12,17,22-26,29H2,1-4H3,(H,42,47). The van der Waals surface area contributed by atoms with Crippen LogP contribution in [-0.4, -0.2) is 81.5 Å². The molecule has 1 N–H and O–H groups in total. The van der Waals surface area contributed by atoms with E-state index in [2.05, 4.69) is 17.3 Å². The summed E-state index contributed by atoms with van der Waals surface area (Å²) in [6.45, 7) is 6.23. The molecule has 1 fully saturated rings. The number of methoxy groups -OCH3 is 1. The van der Waals surface area contributed by atoms with Crippen molar-refractivity contribution in [1.29, 1.82) is 0 Å². The molecule has 51 heavy (non-hydrogen) atoms. The van der Waals surface area contributed by atoms with Crippen molar-refractivity contribution in [3.8, 4) is 17.2 Å². The molecule has 0 unspecified atom stereocenters. The molecule has 1 saturated heterocycles. The van der Waals surface area contributed by atoms with E-state index in [-0.39, 0.29) is 17.7 Å². The highest BCUT2D eigenvalue weighted by atomic mass is 16.5. The third kappa shape index (κ3) is 10.1. The normalized spacial score (nSPS) is 13.0. The Morgan fingerprint density at radius 2 is 1.53 bits per heavy atom. The van der Waals surface area contributed by atoms with Gasteiger partial charge >= 0.3 is 0 Å². The van der Waals surface area contributed by atoms with E-state index in [0.29, 0.717) is 59.4 Å². The minimum atomic E-state index is -0.365. The Morgan fingerprint density at radius 1 is 0.784 bits per heavy atom. The van der Waals surface area contributed by atoms with E-state index >= 15 is 0 Å². The number of nitrogens with one attached hydrogen (secondary N) is 1. The van der Waals surface area contributed by atoms with Gasteiger partial charge in [0.25, 0.3) is 11.8 Å². The van der Waals surface area contributed by atoms with Crippen LogP contribution in [0, 0.1) is 6.92 Å². The van der Waals surface area contributed by atoms with Crippen molar-refractivity contribution in [3.63, 3.8) is 0 Å². The van der Waals surface area contributed by atoms with Crippen LogP contribution in [0.15, 0.2) is 91.0 Å². The average molecular weight is 693 g/mol. The Hall–Kier alpha value is -5.35. The van der Waals surface area contributed by atoms with Crippen LogP contribution >= 0.6 is 0 Å². The molecule has 1 heterocycles. The summed E-state index contributed by atoms with van der Waals surface area (Å²) in [4.78, 5) is 45.4. The molecule has 5 rings (SSSR count). The highest BCUT2D eigenvalue weighted by Gasteiger charge is 2.21. The predicted octanol–water partition coefficient (Wildman–Crippen LogP) is 6.82. The Kier molecular flexibility index (Phi) is 13.1. The molecule has 0 saturated carbocycles. The molecule has 4 aromatic rings. The van der Waals surface area contributed by atoms with Gasteiger partial charge in [-0.05, 0) is 86.8 Å². The minimum Gasteiger partial charge on any atom is -0.495 e. The number of unbranched alkanes of at least 4 members (excludes halogenated alkanes) is 2. The third-order valence-corrected chi connectivity index (χ3v) is 9.00. The van der Waals surface area contributed by atoms with Gasteiger partial charge in [0.15, 0.2) is 0 Å². The quantitative estimate of drug-likeness (QED) is 0.137. The molecule has 3 amide bonds. The lowest BCUT2D eigenvalue weighted by Gasteiger charge is -2.32. The summed E-state index contributed by atoms with van der Waals surface area (Å²) in [6, 6.07) is 27.5. The zero-order chi connectivity index (χ0) is 36.2. The van der Waals surface area contributed by atoms with E-state index in [4.69, 9.17) is 14.2 Å². The highest BCUT2D eigenvalue weighted by Crippen LogP contribution is 2.32. The van der Waals surface area contributed by atoms with Crippen LogP contribution in [0.1, 0.15) is 57.5 Å². The number of para-hydroxylation sites is 1. The largest absolute Gasteiger partial charge is 0.495 e. The zero-order valence-corrected chi connectivity index (χ0v) is 30.0. The molecule has 1 aliphatic heterocycles. The Labute approximate surface area is 300 Å². The van der Waals surface area contributed by atoms with E-state index < -0.39 is 0 Å². The van der Waals surface area contributed by atoms with Crippen LogP contribution in [0.4, 0.5) is 11.4 Å². The molecule has 4 aromatic carbocycles. The van der Waals surface area contributed by atoms with Gasteiger partial charge in [-0.1, -0.05) is 48.5 Å². The number of aryl methyl sites for hydroxylation is 1. The van der Waals surface area contributed by atoms with Gasteiger partial charge in [0.2, 0.25) is 5.91 Å². The minimum absolute atomic E-state index is 0.228. The molecular weight excluding hydrogens is 644 g/mol. The number of hydrogen-bond donors (Lipinski definition) is 1. The van der Waals surface area contributed by atoms with Crippen LogP contribution in [0.2, 0.25) is 0 Å². The van der Waals surface area contributed by atoms with Crippen LogP contribution in [-0.2, 0) is 11.4 Å². The molecule has 0 radical (unpaired) electrons. The highest BCUT2D eigenvalue weighted by molar-refractivity contribution is 6.09. The smallest absolute Gasteiger partial charge is 0.259 e. The molecule has 0 atom stereocenters. The van der Waals surface area contributed by atoms with Gasteiger partial charge in [0.1, 0.15) is 23.9 Å². The Bertz CT molecular complexity index is 1790. The number of rotatable bonds is 15. The molecule has 0 spiro atoms. The number of nitrogens with zero attached hydrogens (tertiary/aromatic N) is 3. The lowest BCUT2D eigenvalue weighted by molar-refractivity contribution is -0.132. The van der Waals surface area contributed by atoms with Crippen molar-refractivity contribution in [3.05, 3.63) is 113 Å². The fraction of sp³-hybridized carbons (Fsp3) is 0.341. The number of amides is 3. The van der Waals surface area contributed by atoms with E-state index in [1.54, 1.807) is 48.3 Å². The van der Waals surface area contributed by atoms with Crippen molar-refractivity contribution in [1.82, 2.24) is 9.80 Å². The molecule has 10 heteroatoms. The van der Waals surface area contributed by atoms with Crippen molar-refractivity contribution in [2.45, 2.75) is 39.2 Å². The van der Waals surface area contributed by atoms with Crippen LogP contribution < -0.4 is 24.4 Å². The Morgan fingerprint density at radius 3 is 2.29 bits per heavy atom. The van der Waals surface area contributed by atoms with Crippen LogP contribution in [0.25, 0.3) is 0 Å². The van der Waals surface area contributed by atoms with Gasteiger partial charge in [0, 0.05) is 45.2 Å². The Balaban J connectivity index is 1.18. The van der Waals surface area contributed by atoms with Gasteiger partial charge in [-0.3, -0.25) is 14.4 Å². The maximum Gasteiger partial charge on any atom is 0.259 e. The molecule has 268 valence electrons. The molecular formula is C41H48N4O6. The topological polar surface area (TPSA) is 101 Å². The van der Waals surface area contributed by atoms with Gasteiger partial charge in [-0.2, -0.15) is 0 Å². The number of hydrogen-bond acceptors (Lipinski definition) is 7. The number of piperazine rings is 1. The third-order valence-electron chi connectivity index (χ3n) is 9.00. The van der Waals surface area contributed by atoms with Gasteiger partial charge in [-0.15, -0.1) is 0 Å². The first-order chi connectivity index (χ1) is 24.7.